The lowest BCUT2D eigenvalue weighted by Gasteiger charge is -2.34. The van der Waals surface area contributed by atoms with E-state index in [-0.39, 0.29) is 11.7 Å². The third-order valence-corrected chi connectivity index (χ3v) is 6.15. The summed E-state index contributed by atoms with van der Waals surface area (Å²) in [4.78, 5) is 26.3. The van der Waals surface area contributed by atoms with E-state index in [0.29, 0.717) is 5.78 Å². The van der Waals surface area contributed by atoms with Gasteiger partial charge in [0.05, 0.1) is 0 Å². The van der Waals surface area contributed by atoms with Gasteiger partial charge in [-0.15, -0.1) is 5.10 Å². The number of fused-ring (bicyclic) bond motifs is 1. The van der Waals surface area contributed by atoms with Gasteiger partial charge >= 0.3 is 0 Å². The SMILES string of the molecule is Cc1cc(C)n2nc(C(=O)Nc3ccc(CN4CCN(Cc5ccccc5)CC4)cc3)nc2n1. The molecule has 2 aromatic heterocycles. The highest BCUT2D eigenvalue weighted by atomic mass is 16.2. The fourth-order valence-electron chi connectivity index (χ4n) is 4.35. The number of anilines is 1. The fraction of sp³-hybridized carbons (Fsp3) is 0.308. The van der Waals surface area contributed by atoms with Crippen molar-refractivity contribution in [1.29, 1.82) is 0 Å². The van der Waals surface area contributed by atoms with Crippen molar-refractivity contribution < 1.29 is 4.79 Å². The minimum absolute atomic E-state index is 0.110. The molecule has 1 aliphatic rings. The minimum Gasteiger partial charge on any atom is -0.319 e. The van der Waals surface area contributed by atoms with Crippen molar-refractivity contribution in [1.82, 2.24) is 29.4 Å². The summed E-state index contributed by atoms with van der Waals surface area (Å²) < 4.78 is 1.59. The Bertz CT molecular complexity index is 1280. The summed E-state index contributed by atoms with van der Waals surface area (Å²) in [7, 11) is 0. The maximum absolute atomic E-state index is 12.7. The van der Waals surface area contributed by atoms with Crippen LogP contribution >= 0.6 is 0 Å². The summed E-state index contributed by atoms with van der Waals surface area (Å²) in [5, 5.41) is 7.18. The molecule has 2 aromatic carbocycles. The molecule has 3 heterocycles. The summed E-state index contributed by atoms with van der Waals surface area (Å²) in [6.45, 7) is 9.99. The molecule has 1 aliphatic heterocycles. The van der Waals surface area contributed by atoms with Crippen LogP contribution in [0.1, 0.15) is 33.1 Å². The van der Waals surface area contributed by atoms with Gasteiger partial charge < -0.3 is 5.32 Å². The first kappa shape index (κ1) is 22.2. The van der Waals surface area contributed by atoms with Gasteiger partial charge in [-0.1, -0.05) is 42.5 Å². The largest absolute Gasteiger partial charge is 0.319 e. The molecule has 0 aliphatic carbocycles. The Morgan fingerprint density at radius 2 is 1.47 bits per heavy atom. The number of nitrogens with zero attached hydrogens (tertiary/aromatic N) is 6. The Morgan fingerprint density at radius 3 is 2.12 bits per heavy atom. The van der Waals surface area contributed by atoms with Gasteiger partial charge in [0.1, 0.15) is 0 Å². The van der Waals surface area contributed by atoms with Gasteiger partial charge in [-0.05, 0) is 43.2 Å². The number of piperazine rings is 1. The molecule has 0 saturated carbocycles. The fourth-order valence-corrected chi connectivity index (χ4v) is 4.35. The van der Waals surface area contributed by atoms with Gasteiger partial charge in [-0.2, -0.15) is 4.98 Å². The third-order valence-electron chi connectivity index (χ3n) is 6.15. The zero-order chi connectivity index (χ0) is 23.5. The van der Waals surface area contributed by atoms with Crippen LogP contribution in [-0.2, 0) is 13.1 Å². The zero-order valence-electron chi connectivity index (χ0n) is 19.6. The number of carbonyl (C=O) groups excluding carboxylic acids is 1. The molecule has 0 radical (unpaired) electrons. The second kappa shape index (κ2) is 9.70. The van der Waals surface area contributed by atoms with E-state index in [2.05, 4.69) is 72.6 Å². The van der Waals surface area contributed by atoms with E-state index in [1.165, 1.54) is 11.1 Å². The normalized spacial score (nSPS) is 15.0. The van der Waals surface area contributed by atoms with Crippen LogP contribution < -0.4 is 5.32 Å². The van der Waals surface area contributed by atoms with Gasteiger partial charge in [-0.3, -0.25) is 14.6 Å². The van der Waals surface area contributed by atoms with Crippen molar-refractivity contribution in [2.24, 2.45) is 0 Å². The van der Waals surface area contributed by atoms with Gasteiger partial charge in [0.15, 0.2) is 0 Å². The molecular weight excluding hydrogens is 426 g/mol. The lowest BCUT2D eigenvalue weighted by atomic mass is 10.1. The molecule has 0 unspecified atom stereocenters. The molecule has 1 fully saturated rings. The van der Waals surface area contributed by atoms with E-state index >= 15 is 0 Å². The first-order valence-electron chi connectivity index (χ1n) is 11.6. The average molecular weight is 456 g/mol. The number of aryl methyl sites for hydroxylation is 2. The van der Waals surface area contributed by atoms with Gasteiger partial charge in [-0.25, -0.2) is 9.50 Å². The highest BCUT2D eigenvalue weighted by Crippen LogP contribution is 2.15. The molecule has 0 bridgehead atoms. The molecule has 4 aromatic rings. The van der Waals surface area contributed by atoms with Crippen LogP contribution in [0.4, 0.5) is 5.69 Å². The number of carbonyl (C=O) groups is 1. The van der Waals surface area contributed by atoms with E-state index in [9.17, 15) is 4.79 Å². The predicted molar refractivity (Wildman–Crippen MR) is 132 cm³/mol. The van der Waals surface area contributed by atoms with Crippen LogP contribution in [0.3, 0.4) is 0 Å². The van der Waals surface area contributed by atoms with Crippen molar-refractivity contribution in [3.05, 3.63) is 89.0 Å². The number of hydrogen-bond acceptors (Lipinski definition) is 6. The van der Waals surface area contributed by atoms with Crippen molar-refractivity contribution in [2.45, 2.75) is 26.9 Å². The molecule has 8 heteroatoms. The van der Waals surface area contributed by atoms with Crippen LogP contribution in [0.5, 0.6) is 0 Å². The topological polar surface area (TPSA) is 78.7 Å². The average Bonchev–Trinajstić information content (AvgIpc) is 3.27. The Kier molecular flexibility index (Phi) is 6.33. The van der Waals surface area contributed by atoms with Gasteiger partial charge in [0.2, 0.25) is 5.82 Å². The molecule has 1 N–H and O–H groups in total. The Balaban J connectivity index is 1.14. The zero-order valence-corrected chi connectivity index (χ0v) is 19.6. The second-order valence-electron chi connectivity index (χ2n) is 8.88. The molecular formula is C26H29N7O. The van der Waals surface area contributed by atoms with Crippen molar-refractivity contribution >= 4 is 17.4 Å². The summed E-state index contributed by atoms with van der Waals surface area (Å²) in [6, 6.07) is 20.6. The predicted octanol–water partition coefficient (Wildman–Crippen LogP) is 3.31. The second-order valence-corrected chi connectivity index (χ2v) is 8.88. The molecule has 1 saturated heterocycles. The van der Waals surface area contributed by atoms with Crippen LogP contribution in [0.15, 0.2) is 60.7 Å². The number of aromatic nitrogens is 4. The van der Waals surface area contributed by atoms with Crippen LogP contribution in [0.2, 0.25) is 0 Å². The molecule has 0 spiro atoms. The van der Waals surface area contributed by atoms with Crippen molar-refractivity contribution in [3.63, 3.8) is 0 Å². The quantitative estimate of drug-likeness (QED) is 0.481. The van der Waals surface area contributed by atoms with E-state index in [0.717, 1.165) is 56.3 Å². The lowest BCUT2D eigenvalue weighted by molar-refractivity contribution is 0.101. The highest BCUT2D eigenvalue weighted by Gasteiger charge is 2.18. The molecule has 8 nitrogen and oxygen atoms in total. The van der Waals surface area contributed by atoms with E-state index < -0.39 is 0 Å². The molecule has 1 amide bonds. The maximum Gasteiger partial charge on any atom is 0.295 e. The smallest absolute Gasteiger partial charge is 0.295 e. The minimum atomic E-state index is -0.343. The van der Waals surface area contributed by atoms with Crippen LogP contribution in [-0.4, -0.2) is 61.5 Å². The summed E-state index contributed by atoms with van der Waals surface area (Å²) >= 11 is 0. The van der Waals surface area contributed by atoms with Crippen LogP contribution in [0.25, 0.3) is 5.78 Å². The monoisotopic (exact) mass is 455 g/mol. The van der Waals surface area contributed by atoms with Gasteiger partial charge in [0, 0.05) is 56.3 Å². The summed E-state index contributed by atoms with van der Waals surface area (Å²) in [5.74, 6) is 0.199. The Hall–Kier alpha value is -3.62. The Morgan fingerprint density at radius 1 is 0.853 bits per heavy atom. The lowest BCUT2D eigenvalue weighted by Crippen LogP contribution is -2.45. The first-order chi connectivity index (χ1) is 16.5. The number of benzene rings is 2. The van der Waals surface area contributed by atoms with Crippen molar-refractivity contribution in [2.75, 3.05) is 31.5 Å². The van der Waals surface area contributed by atoms with E-state index in [4.69, 9.17) is 0 Å². The molecule has 34 heavy (non-hydrogen) atoms. The van der Waals surface area contributed by atoms with Crippen LogP contribution in [0, 0.1) is 13.8 Å². The Labute approximate surface area is 199 Å². The highest BCUT2D eigenvalue weighted by molar-refractivity contribution is 6.01. The molecule has 0 atom stereocenters. The first-order valence-corrected chi connectivity index (χ1v) is 11.6. The summed E-state index contributed by atoms with van der Waals surface area (Å²) in [5.41, 5.74) is 5.06. The van der Waals surface area contributed by atoms with Crippen molar-refractivity contribution in [3.8, 4) is 0 Å². The summed E-state index contributed by atoms with van der Waals surface area (Å²) in [6.07, 6.45) is 0. The maximum atomic E-state index is 12.7. The molecule has 174 valence electrons. The van der Waals surface area contributed by atoms with E-state index in [1.54, 1.807) is 4.52 Å². The number of amides is 1. The standard InChI is InChI=1S/C26H29N7O/c1-19-16-20(2)33-26(27-19)29-24(30-33)25(34)28-23-10-8-22(9-11-23)18-32-14-12-31(13-15-32)17-21-6-4-3-5-7-21/h3-11,16H,12-15,17-18H2,1-2H3,(H,28,34). The van der Waals surface area contributed by atoms with Gasteiger partial charge in [0.25, 0.3) is 11.7 Å². The molecule has 5 rings (SSSR count). The number of hydrogen-bond donors (Lipinski definition) is 1. The third kappa shape index (κ3) is 5.13. The number of rotatable bonds is 6. The number of nitrogens with one attached hydrogen (secondary N) is 1. The van der Waals surface area contributed by atoms with E-state index in [1.807, 2.05) is 32.0 Å².